The zero-order chi connectivity index (χ0) is 9.68. The second kappa shape index (κ2) is 5.19. The van der Waals surface area contributed by atoms with Gasteiger partial charge in [0.15, 0.2) is 6.23 Å². The summed E-state index contributed by atoms with van der Waals surface area (Å²) >= 11 is 0. The van der Waals surface area contributed by atoms with Gasteiger partial charge < -0.3 is 10.1 Å². The fourth-order valence-corrected chi connectivity index (χ4v) is 1.13. The number of ether oxygens (including phenoxy) is 1. The summed E-state index contributed by atoms with van der Waals surface area (Å²) in [7, 11) is 0. The van der Waals surface area contributed by atoms with E-state index in [0.717, 1.165) is 19.5 Å². The van der Waals surface area contributed by atoms with Gasteiger partial charge in [-0.05, 0) is 6.42 Å². The molecule has 2 unspecified atom stereocenters. The lowest BCUT2D eigenvalue weighted by Gasteiger charge is -2.25. The van der Waals surface area contributed by atoms with Crippen molar-refractivity contribution in [2.45, 2.75) is 26.5 Å². The SMILES string of the molecule is CCC(C)C(=O)OC1CNCCN1. The molecule has 13 heavy (non-hydrogen) atoms. The molecule has 2 N–H and O–H groups in total. The Hall–Kier alpha value is -0.610. The number of carbonyl (C=O) groups excluding carboxylic acids is 1. The molecule has 0 radical (unpaired) electrons. The maximum Gasteiger partial charge on any atom is 0.310 e. The van der Waals surface area contributed by atoms with Crippen LogP contribution >= 0.6 is 0 Å². The van der Waals surface area contributed by atoms with Crippen LogP contribution in [0.2, 0.25) is 0 Å². The van der Waals surface area contributed by atoms with E-state index in [9.17, 15) is 4.79 Å². The van der Waals surface area contributed by atoms with E-state index in [2.05, 4.69) is 10.6 Å². The zero-order valence-electron chi connectivity index (χ0n) is 8.30. The largest absolute Gasteiger partial charge is 0.445 e. The van der Waals surface area contributed by atoms with E-state index in [1.807, 2.05) is 13.8 Å². The molecule has 1 rings (SSSR count). The highest BCUT2D eigenvalue weighted by Crippen LogP contribution is 2.05. The van der Waals surface area contributed by atoms with Crippen LogP contribution in [0.5, 0.6) is 0 Å². The van der Waals surface area contributed by atoms with Gasteiger partial charge in [-0.15, -0.1) is 0 Å². The monoisotopic (exact) mass is 186 g/mol. The summed E-state index contributed by atoms with van der Waals surface area (Å²) in [5.41, 5.74) is 0. The number of piperazine rings is 1. The number of hydrogen-bond acceptors (Lipinski definition) is 4. The van der Waals surface area contributed by atoms with Gasteiger partial charge in [0.1, 0.15) is 0 Å². The smallest absolute Gasteiger partial charge is 0.310 e. The van der Waals surface area contributed by atoms with Crippen LogP contribution in [0, 0.1) is 5.92 Å². The first-order valence-corrected chi connectivity index (χ1v) is 4.88. The van der Waals surface area contributed by atoms with Gasteiger partial charge in [-0.3, -0.25) is 10.1 Å². The van der Waals surface area contributed by atoms with Crippen molar-refractivity contribution in [1.29, 1.82) is 0 Å². The van der Waals surface area contributed by atoms with Gasteiger partial charge >= 0.3 is 5.97 Å². The normalized spacial score (nSPS) is 25.2. The average molecular weight is 186 g/mol. The maximum absolute atomic E-state index is 11.4. The Morgan fingerprint density at radius 1 is 1.62 bits per heavy atom. The Morgan fingerprint density at radius 2 is 2.38 bits per heavy atom. The van der Waals surface area contributed by atoms with Crippen molar-refractivity contribution in [2.24, 2.45) is 5.92 Å². The van der Waals surface area contributed by atoms with E-state index in [4.69, 9.17) is 4.74 Å². The molecule has 0 aromatic rings. The number of carbonyl (C=O) groups is 1. The van der Waals surface area contributed by atoms with Gasteiger partial charge in [0, 0.05) is 19.6 Å². The molecule has 1 fully saturated rings. The fourth-order valence-electron chi connectivity index (χ4n) is 1.13. The van der Waals surface area contributed by atoms with Crippen LogP contribution in [0.25, 0.3) is 0 Å². The minimum Gasteiger partial charge on any atom is -0.445 e. The molecule has 0 aromatic carbocycles. The molecule has 1 aliphatic heterocycles. The number of esters is 1. The van der Waals surface area contributed by atoms with E-state index < -0.39 is 0 Å². The highest BCUT2D eigenvalue weighted by atomic mass is 16.6. The van der Waals surface area contributed by atoms with Crippen LogP contribution in [0.3, 0.4) is 0 Å². The Balaban J connectivity index is 2.26. The van der Waals surface area contributed by atoms with E-state index in [0.29, 0.717) is 6.54 Å². The van der Waals surface area contributed by atoms with Crippen molar-refractivity contribution < 1.29 is 9.53 Å². The second-order valence-electron chi connectivity index (χ2n) is 3.39. The molecule has 1 aliphatic rings. The lowest BCUT2D eigenvalue weighted by molar-refractivity contribution is -0.155. The molecule has 4 heteroatoms. The lowest BCUT2D eigenvalue weighted by Crippen LogP contribution is -2.50. The molecule has 0 aliphatic carbocycles. The molecular weight excluding hydrogens is 168 g/mol. The molecule has 76 valence electrons. The highest BCUT2D eigenvalue weighted by molar-refractivity contribution is 5.72. The third-order valence-electron chi connectivity index (χ3n) is 2.28. The molecule has 1 heterocycles. The van der Waals surface area contributed by atoms with Crippen LogP contribution in [-0.4, -0.2) is 31.8 Å². The van der Waals surface area contributed by atoms with E-state index in [1.165, 1.54) is 0 Å². The van der Waals surface area contributed by atoms with Crippen molar-refractivity contribution in [1.82, 2.24) is 10.6 Å². The first-order valence-electron chi connectivity index (χ1n) is 4.88. The van der Waals surface area contributed by atoms with Gasteiger partial charge in [0.25, 0.3) is 0 Å². The Kier molecular flexibility index (Phi) is 4.18. The number of nitrogens with one attached hydrogen (secondary N) is 2. The topological polar surface area (TPSA) is 50.4 Å². The number of hydrogen-bond donors (Lipinski definition) is 2. The quantitative estimate of drug-likeness (QED) is 0.614. The van der Waals surface area contributed by atoms with Gasteiger partial charge in [0.2, 0.25) is 0 Å². The van der Waals surface area contributed by atoms with E-state index in [-0.39, 0.29) is 18.1 Å². The van der Waals surface area contributed by atoms with Gasteiger partial charge in [-0.2, -0.15) is 0 Å². The fraction of sp³-hybridized carbons (Fsp3) is 0.889. The first-order chi connectivity index (χ1) is 6.24. The predicted octanol–water partition coefficient (Wildman–Crippen LogP) is 0.0946. The maximum atomic E-state index is 11.4. The standard InChI is InChI=1S/C9H18N2O2/c1-3-7(2)9(12)13-8-6-10-4-5-11-8/h7-8,10-11H,3-6H2,1-2H3. The highest BCUT2D eigenvalue weighted by Gasteiger charge is 2.19. The van der Waals surface area contributed by atoms with Crippen LogP contribution in [0.4, 0.5) is 0 Å². The first kappa shape index (κ1) is 10.5. The number of rotatable bonds is 3. The Bertz CT molecular complexity index is 167. The van der Waals surface area contributed by atoms with Crippen molar-refractivity contribution in [3.63, 3.8) is 0 Å². The van der Waals surface area contributed by atoms with Crippen molar-refractivity contribution in [3.05, 3.63) is 0 Å². The predicted molar refractivity (Wildman–Crippen MR) is 50.2 cm³/mol. The minimum atomic E-state index is -0.143. The third-order valence-corrected chi connectivity index (χ3v) is 2.28. The molecule has 0 spiro atoms. The van der Waals surface area contributed by atoms with Crippen molar-refractivity contribution in [3.8, 4) is 0 Å². The summed E-state index contributed by atoms with van der Waals surface area (Å²) in [4.78, 5) is 11.4. The van der Waals surface area contributed by atoms with Crippen LogP contribution < -0.4 is 10.6 Å². The summed E-state index contributed by atoms with van der Waals surface area (Å²) in [6, 6.07) is 0. The second-order valence-corrected chi connectivity index (χ2v) is 3.39. The molecular formula is C9H18N2O2. The Labute approximate surface area is 79.0 Å². The molecule has 0 aromatic heterocycles. The summed E-state index contributed by atoms with van der Waals surface area (Å²) in [6.45, 7) is 6.38. The zero-order valence-corrected chi connectivity index (χ0v) is 8.30. The van der Waals surface area contributed by atoms with Crippen molar-refractivity contribution >= 4 is 5.97 Å². The van der Waals surface area contributed by atoms with Crippen molar-refractivity contribution in [2.75, 3.05) is 19.6 Å². The minimum absolute atomic E-state index is 0.00345. The van der Waals surface area contributed by atoms with Crippen LogP contribution in [0.1, 0.15) is 20.3 Å². The average Bonchev–Trinajstić information content (AvgIpc) is 2.18. The summed E-state index contributed by atoms with van der Waals surface area (Å²) < 4.78 is 5.23. The van der Waals surface area contributed by atoms with Crippen LogP contribution in [0.15, 0.2) is 0 Å². The van der Waals surface area contributed by atoms with E-state index >= 15 is 0 Å². The van der Waals surface area contributed by atoms with Gasteiger partial charge in [0.05, 0.1) is 5.92 Å². The van der Waals surface area contributed by atoms with Gasteiger partial charge in [-0.25, -0.2) is 0 Å². The molecule has 0 bridgehead atoms. The summed E-state index contributed by atoms with van der Waals surface area (Å²) in [5.74, 6) is -0.104. The summed E-state index contributed by atoms with van der Waals surface area (Å²) in [5, 5.41) is 6.28. The lowest BCUT2D eigenvalue weighted by atomic mass is 10.1. The van der Waals surface area contributed by atoms with Gasteiger partial charge in [-0.1, -0.05) is 13.8 Å². The third kappa shape index (κ3) is 3.32. The van der Waals surface area contributed by atoms with Crippen LogP contribution in [-0.2, 0) is 9.53 Å². The molecule has 0 saturated carbocycles. The molecule has 2 atom stereocenters. The molecule has 0 amide bonds. The molecule has 1 saturated heterocycles. The Morgan fingerprint density at radius 3 is 2.92 bits per heavy atom. The summed E-state index contributed by atoms with van der Waals surface area (Å²) in [6.07, 6.45) is 0.689. The van der Waals surface area contributed by atoms with E-state index in [1.54, 1.807) is 0 Å². The molecule has 4 nitrogen and oxygen atoms in total.